The van der Waals surface area contributed by atoms with Crippen LogP contribution in [0.25, 0.3) is 5.65 Å². The first-order chi connectivity index (χ1) is 10.6. The second-order valence-corrected chi connectivity index (χ2v) is 5.60. The summed E-state index contributed by atoms with van der Waals surface area (Å²) < 4.78 is 7.16. The maximum Gasteiger partial charge on any atom is 0.258 e. The lowest BCUT2D eigenvalue weighted by molar-refractivity contribution is 0.301. The van der Waals surface area contributed by atoms with E-state index in [0.717, 1.165) is 5.69 Å². The normalized spacial score (nSPS) is 10.9. The average Bonchev–Trinajstić information content (AvgIpc) is 2.46. The Morgan fingerprint density at radius 3 is 2.55 bits per heavy atom. The van der Waals surface area contributed by atoms with Crippen LogP contribution in [0.15, 0.2) is 47.3 Å². The van der Waals surface area contributed by atoms with Gasteiger partial charge in [-0.05, 0) is 31.2 Å². The molecule has 0 unspecified atom stereocenters. The standard InChI is InChI=1S/C16H12Cl2N2O2/c1-10-4-2-7-14-19-11(8-15(21)20(10)14)9-22-16-12(17)5-3-6-13(16)18/h2-8H,9H2,1H3. The predicted octanol–water partition coefficient (Wildman–Crippen LogP) is 3.89. The van der Waals surface area contributed by atoms with E-state index in [1.54, 1.807) is 28.7 Å². The van der Waals surface area contributed by atoms with Gasteiger partial charge in [0.2, 0.25) is 0 Å². The molecule has 0 saturated carbocycles. The number of hydrogen-bond acceptors (Lipinski definition) is 3. The summed E-state index contributed by atoms with van der Waals surface area (Å²) in [6.07, 6.45) is 0. The molecule has 4 nitrogen and oxygen atoms in total. The van der Waals surface area contributed by atoms with Crippen molar-refractivity contribution in [3.05, 3.63) is 74.3 Å². The van der Waals surface area contributed by atoms with Crippen LogP contribution in [-0.4, -0.2) is 9.38 Å². The van der Waals surface area contributed by atoms with E-state index in [-0.39, 0.29) is 12.2 Å². The zero-order valence-corrected chi connectivity index (χ0v) is 13.2. The van der Waals surface area contributed by atoms with Crippen molar-refractivity contribution in [3.8, 4) is 5.75 Å². The van der Waals surface area contributed by atoms with Gasteiger partial charge < -0.3 is 4.74 Å². The SMILES string of the molecule is Cc1cccc2nc(COc3c(Cl)cccc3Cl)cc(=O)n12. The number of pyridine rings is 1. The molecule has 0 bridgehead atoms. The van der Waals surface area contributed by atoms with Gasteiger partial charge in [-0.25, -0.2) is 4.98 Å². The number of ether oxygens (including phenoxy) is 1. The highest BCUT2D eigenvalue weighted by atomic mass is 35.5. The van der Waals surface area contributed by atoms with Crippen molar-refractivity contribution in [2.45, 2.75) is 13.5 Å². The number of nitrogens with zero attached hydrogens (tertiary/aromatic N) is 2. The lowest BCUT2D eigenvalue weighted by atomic mass is 10.3. The van der Waals surface area contributed by atoms with E-state index in [1.165, 1.54) is 6.07 Å². The van der Waals surface area contributed by atoms with Gasteiger partial charge >= 0.3 is 0 Å². The molecule has 0 radical (unpaired) electrons. The number of rotatable bonds is 3. The van der Waals surface area contributed by atoms with E-state index in [0.29, 0.717) is 27.1 Å². The monoisotopic (exact) mass is 334 g/mol. The van der Waals surface area contributed by atoms with Crippen molar-refractivity contribution < 1.29 is 4.74 Å². The molecule has 0 fully saturated rings. The lowest BCUT2D eigenvalue weighted by Crippen LogP contribution is -2.18. The Bertz CT molecular complexity index is 886. The summed E-state index contributed by atoms with van der Waals surface area (Å²) in [5, 5.41) is 0.835. The second-order valence-electron chi connectivity index (χ2n) is 4.79. The first kappa shape index (κ1) is 14.9. The fraction of sp³-hybridized carbons (Fsp3) is 0.125. The molecule has 3 aromatic rings. The molecule has 0 saturated heterocycles. The van der Waals surface area contributed by atoms with E-state index >= 15 is 0 Å². The number of hydrogen-bond donors (Lipinski definition) is 0. The van der Waals surface area contributed by atoms with Gasteiger partial charge in [-0.1, -0.05) is 35.3 Å². The van der Waals surface area contributed by atoms with E-state index in [2.05, 4.69) is 4.98 Å². The van der Waals surface area contributed by atoms with Crippen LogP contribution in [0.5, 0.6) is 5.75 Å². The molecule has 0 aliphatic carbocycles. The van der Waals surface area contributed by atoms with Crippen LogP contribution in [0.2, 0.25) is 10.0 Å². The Morgan fingerprint density at radius 1 is 1.14 bits per heavy atom. The van der Waals surface area contributed by atoms with Crippen LogP contribution in [0.1, 0.15) is 11.4 Å². The van der Waals surface area contributed by atoms with Crippen LogP contribution >= 0.6 is 23.2 Å². The average molecular weight is 335 g/mol. The first-order valence-corrected chi connectivity index (χ1v) is 7.37. The molecule has 3 rings (SSSR count). The number of benzene rings is 1. The number of halogens is 2. The molecule has 0 N–H and O–H groups in total. The predicted molar refractivity (Wildman–Crippen MR) is 87.0 cm³/mol. The highest BCUT2D eigenvalue weighted by Gasteiger charge is 2.09. The summed E-state index contributed by atoms with van der Waals surface area (Å²) >= 11 is 12.1. The Balaban J connectivity index is 1.94. The summed E-state index contributed by atoms with van der Waals surface area (Å²) in [4.78, 5) is 16.6. The smallest absolute Gasteiger partial charge is 0.258 e. The molecule has 2 aromatic heterocycles. The third-order valence-corrected chi connectivity index (χ3v) is 3.81. The molecule has 0 spiro atoms. The van der Waals surface area contributed by atoms with Crippen LogP contribution in [0.4, 0.5) is 0 Å². The Hall–Kier alpha value is -2.04. The molecule has 1 aromatic carbocycles. The van der Waals surface area contributed by atoms with Crippen LogP contribution in [-0.2, 0) is 6.61 Å². The van der Waals surface area contributed by atoms with Gasteiger partial charge in [0.1, 0.15) is 12.3 Å². The summed E-state index contributed by atoms with van der Waals surface area (Å²) in [5.74, 6) is 0.386. The number of fused-ring (bicyclic) bond motifs is 1. The molecule has 0 aliphatic rings. The Kier molecular flexibility index (Phi) is 4.05. The van der Waals surface area contributed by atoms with Crippen molar-refractivity contribution in [3.63, 3.8) is 0 Å². The van der Waals surface area contributed by atoms with Crippen LogP contribution in [0.3, 0.4) is 0 Å². The number of aromatic nitrogens is 2. The molecular formula is C16H12Cl2N2O2. The highest BCUT2D eigenvalue weighted by molar-refractivity contribution is 6.37. The van der Waals surface area contributed by atoms with Gasteiger partial charge in [-0.15, -0.1) is 0 Å². The molecule has 112 valence electrons. The third kappa shape index (κ3) is 2.80. The van der Waals surface area contributed by atoms with Gasteiger partial charge in [-0.3, -0.25) is 9.20 Å². The second kappa shape index (κ2) is 5.99. The van der Waals surface area contributed by atoms with Crippen LogP contribution < -0.4 is 10.3 Å². The zero-order valence-electron chi connectivity index (χ0n) is 11.7. The maximum absolute atomic E-state index is 12.2. The van der Waals surface area contributed by atoms with Crippen molar-refractivity contribution in [1.82, 2.24) is 9.38 Å². The molecule has 22 heavy (non-hydrogen) atoms. The largest absolute Gasteiger partial charge is 0.484 e. The van der Waals surface area contributed by atoms with Crippen molar-refractivity contribution in [1.29, 1.82) is 0 Å². The van der Waals surface area contributed by atoms with Gasteiger partial charge in [0.25, 0.3) is 5.56 Å². The summed E-state index contributed by atoms with van der Waals surface area (Å²) in [6.45, 7) is 1.97. The molecule has 0 aliphatic heterocycles. The minimum Gasteiger partial charge on any atom is -0.484 e. The van der Waals surface area contributed by atoms with Crippen molar-refractivity contribution in [2.75, 3.05) is 0 Å². The minimum absolute atomic E-state index is 0.114. The molecular weight excluding hydrogens is 323 g/mol. The minimum atomic E-state index is -0.146. The fourth-order valence-corrected chi connectivity index (χ4v) is 2.71. The maximum atomic E-state index is 12.2. The van der Waals surface area contributed by atoms with Gasteiger partial charge in [-0.2, -0.15) is 0 Å². The summed E-state index contributed by atoms with van der Waals surface area (Å²) in [7, 11) is 0. The highest BCUT2D eigenvalue weighted by Crippen LogP contribution is 2.32. The van der Waals surface area contributed by atoms with E-state index in [9.17, 15) is 4.79 Å². The molecule has 2 heterocycles. The van der Waals surface area contributed by atoms with Crippen LogP contribution in [0, 0.1) is 6.92 Å². The number of aryl methyl sites for hydroxylation is 1. The Morgan fingerprint density at radius 2 is 1.82 bits per heavy atom. The lowest BCUT2D eigenvalue weighted by Gasteiger charge is -2.10. The van der Waals surface area contributed by atoms with Crippen molar-refractivity contribution in [2.24, 2.45) is 0 Å². The third-order valence-electron chi connectivity index (χ3n) is 3.22. The van der Waals surface area contributed by atoms with Gasteiger partial charge in [0, 0.05) is 11.8 Å². The van der Waals surface area contributed by atoms with Gasteiger partial charge in [0.15, 0.2) is 5.75 Å². The first-order valence-electron chi connectivity index (χ1n) is 6.61. The van der Waals surface area contributed by atoms with Crippen molar-refractivity contribution >= 4 is 28.8 Å². The summed E-state index contributed by atoms with van der Waals surface area (Å²) in [6, 6.07) is 12.1. The zero-order chi connectivity index (χ0) is 15.7. The van der Waals surface area contributed by atoms with E-state index < -0.39 is 0 Å². The fourth-order valence-electron chi connectivity index (χ4n) is 2.20. The summed E-state index contributed by atoms with van der Waals surface area (Å²) in [5.41, 5.74) is 1.78. The van der Waals surface area contributed by atoms with E-state index in [4.69, 9.17) is 27.9 Å². The molecule has 0 atom stereocenters. The van der Waals surface area contributed by atoms with E-state index in [1.807, 2.05) is 19.1 Å². The quantitative estimate of drug-likeness (QED) is 0.729. The Labute approximate surface area is 136 Å². The van der Waals surface area contributed by atoms with Gasteiger partial charge in [0.05, 0.1) is 15.7 Å². The number of para-hydroxylation sites is 1. The molecule has 6 heteroatoms. The topological polar surface area (TPSA) is 43.6 Å². The molecule has 0 amide bonds.